The Morgan fingerprint density at radius 2 is 1.66 bits per heavy atom. The first kappa shape index (κ1) is 23.9. The molecule has 2 unspecified atom stereocenters. The second-order valence-electron chi connectivity index (χ2n) is 10.7. The van der Waals surface area contributed by atoms with Crippen molar-refractivity contribution in [2.75, 3.05) is 44.7 Å². The largest absolute Gasteiger partial charge is 0.381 e. The summed E-state index contributed by atoms with van der Waals surface area (Å²) in [7, 11) is 1.82. The smallest absolute Gasteiger partial charge is 0.0991 e. The first-order chi connectivity index (χ1) is 17.2. The number of likely N-dealkylation sites (tertiary alicyclic amines) is 1. The van der Waals surface area contributed by atoms with Gasteiger partial charge in [0.1, 0.15) is 0 Å². The molecule has 1 aliphatic carbocycles. The predicted molar refractivity (Wildman–Crippen MR) is 138 cm³/mol. The summed E-state index contributed by atoms with van der Waals surface area (Å²) in [5.74, 6) is 1.32. The molecule has 3 atom stereocenters. The maximum absolute atomic E-state index is 10.7. The summed E-state index contributed by atoms with van der Waals surface area (Å²) in [4.78, 5) is 5.02. The molecule has 5 rings (SSSR count). The van der Waals surface area contributed by atoms with Crippen molar-refractivity contribution in [1.29, 1.82) is 10.5 Å². The van der Waals surface area contributed by atoms with Crippen LogP contribution in [-0.4, -0.2) is 50.8 Å². The van der Waals surface area contributed by atoms with Gasteiger partial charge in [0.15, 0.2) is 0 Å². The molecule has 3 aliphatic rings. The van der Waals surface area contributed by atoms with E-state index in [1.165, 1.54) is 11.3 Å². The van der Waals surface area contributed by atoms with Crippen LogP contribution < -0.4 is 4.90 Å². The molecule has 35 heavy (non-hydrogen) atoms. The van der Waals surface area contributed by atoms with Gasteiger partial charge >= 0.3 is 0 Å². The fourth-order valence-corrected chi connectivity index (χ4v) is 7.01. The normalized spacial score (nSPS) is 25.4. The first-order valence-corrected chi connectivity index (χ1v) is 13.1. The second-order valence-corrected chi connectivity index (χ2v) is 10.7. The van der Waals surface area contributed by atoms with Crippen molar-refractivity contribution in [2.45, 2.75) is 43.6 Å². The Morgan fingerprint density at radius 1 is 0.943 bits per heavy atom. The van der Waals surface area contributed by atoms with Gasteiger partial charge in [-0.3, -0.25) is 0 Å². The van der Waals surface area contributed by atoms with E-state index in [-0.39, 0.29) is 12.0 Å². The van der Waals surface area contributed by atoms with E-state index in [1.54, 1.807) is 0 Å². The standard InChI is InChI=1S/C30H36N4O/c1-35-29-9-5-8-28(29)30(22-32,25-6-3-2-4-7-25)26-14-16-33(17-15-26)19-24-20-34(21-24)27-12-10-23(18-31)11-13-27/h2-4,6-7,10-13,24,26,28-29H,5,8-9,14-17,19-21H2,1H3/t28?,29?,30-/m0/s1. The molecule has 0 radical (unpaired) electrons. The molecule has 2 aromatic rings. The van der Waals surface area contributed by atoms with E-state index in [4.69, 9.17) is 10.00 Å². The average molecular weight is 469 g/mol. The van der Waals surface area contributed by atoms with Crippen LogP contribution >= 0.6 is 0 Å². The van der Waals surface area contributed by atoms with E-state index in [1.807, 2.05) is 19.2 Å². The number of ether oxygens (including phenoxy) is 1. The van der Waals surface area contributed by atoms with Crippen molar-refractivity contribution >= 4 is 5.69 Å². The molecule has 1 saturated carbocycles. The van der Waals surface area contributed by atoms with Crippen LogP contribution in [0.2, 0.25) is 0 Å². The molecular weight excluding hydrogens is 432 g/mol. The van der Waals surface area contributed by atoms with Gasteiger partial charge in [-0.05, 0) is 74.5 Å². The summed E-state index contributed by atoms with van der Waals surface area (Å²) in [6.45, 7) is 5.43. The fourth-order valence-electron chi connectivity index (χ4n) is 7.01. The zero-order valence-corrected chi connectivity index (χ0v) is 20.8. The van der Waals surface area contributed by atoms with Gasteiger partial charge in [0.05, 0.1) is 29.2 Å². The van der Waals surface area contributed by atoms with Crippen LogP contribution in [0.5, 0.6) is 0 Å². The predicted octanol–water partition coefficient (Wildman–Crippen LogP) is 4.98. The van der Waals surface area contributed by atoms with Crippen molar-refractivity contribution in [2.24, 2.45) is 17.8 Å². The third kappa shape index (κ3) is 4.56. The van der Waals surface area contributed by atoms with E-state index < -0.39 is 5.41 Å². The zero-order valence-electron chi connectivity index (χ0n) is 20.8. The molecular formula is C30H36N4O. The quantitative estimate of drug-likeness (QED) is 0.573. The van der Waals surface area contributed by atoms with Gasteiger partial charge in [0.25, 0.3) is 0 Å². The minimum absolute atomic E-state index is 0.177. The second kappa shape index (κ2) is 10.4. The van der Waals surface area contributed by atoms with Gasteiger partial charge < -0.3 is 14.5 Å². The summed E-state index contributed by atoms with van der Waals surface area (Å²) in [6, 6.07) is 23.6. The summed E-state index contributed by atoms with van der Waals surface area (Å²) in [6.07, 6.45) is 5.61. The van der Waals surface area contributed by atoms with Gasteiger partial charge in [0.2, 0.25) is 0 Å². The van der Waals surface area contributed by atoms with Gasteiger partial charge in [-0.25, -0.2) is 0 Å². The number of rotatable bonds is 7. The highest BCUT2D eigenvalue weighted by molar-refractivity contribution is 5.51. The van der Waals surface area contributed by atoms with Gasteiger partial charge in [0, 0.05) is 44.3 Å². The van der Waals surface area contributed by atoms with Crippen LogP contribution in [0.4, 0.5) is 5.69 Å². The Morgan fingerprint density at radius 3 is 2.29 bits per heavy atom. The summed E-state index contributed by atoms with van der Waals surface area (Å²) in [5.41, 5.74) is 2.65. The van der Waals surface area contributed by atoms with E-state index in [0.717, 1.165) is 64.8 Å². The molecule has 2 saturated heterocycles. The van der Waals surface area contributed by atoms with Gasteiger partial charge in [-0.2, -0.15) is 10.5 Å². The van der Waals surface area contributed by atoms with E-state index in [9.17, 15) is 5.26 Å². The maximum atomic E-state index is 10.7. The monoisotopic (exact) mass is 468 g/mol. The highest BCUT2D eigenvalue weighted by atomic mass is 16.5. The molecule has 0 aromatic heterocycles. The molecule has 0 spiro atoms. The lowest BCUT2D eigenvalue weighted by Gasteiger charge is -2.48. The Kier molecular flexibility index (Phi) is 7.09. The molecule has 5 nitrogen and oxygen atoms in total. The van der Waals surface area contributed by atoms with E-state index in [0.29, 0.717) is 17.4 Å². The van der Waals surface area contributed by atoms with E-state index in [2.05, 4.69) is 64.4 Å². The Balaban J connectivity index is 1.22. The van der Waals surface area contributed by atoms with Crippen LogP contribution in [0.25, 0.3) is 0 Å². The molecule has 2 aliphatic heterocycles. The fraction of sp³-hybridized carbons (Fsp3) is 0.533. The van der Waals surface area contributed by atoms with Gasteiger partial charge in [-0.1, -0.05) is 36.8 Å². The van der Waals surface area contributed by atoms with Crippen LogP contribution in [0, 0.1) is 40.4 Å². The third-order valence-corrected chi connectivity index (χ3v) is 8.84. The number of benzene rings is 2. The number of hydrogen-bond acceptors (Lipinski definition) is 5. The topological polar surface area (TPSA) is 63.3 Å². The molecule has 182 valence electrons. The van der Waals surface area contributed by atoms with E-state index >= 15 is 0 Å². The lowest BCUT2D eigenvalue weighted by molar-refractivity contribution is 0.0193. The molecule has 2 heterocycles. The first-order valence-electron chi connectivity index (χ1n) is 13.1. The number of piperidine rings is 1. The van der Waals surface area contributed by atoms with Crippen LogP contribution in [0.15, 0.2) is 54.6 Å². The number of anilines is 1. The van der Waals surface area contributed by atoms with Crippen molar-refractivity contribution in [3.05, 3.63) is 65.7 Å². The number of nitriles is 2. The van der Waals surface area contributed by atoms with Crippen LogP contribution in [-0.2, 0) is 10.2 Å². The van der Waals surface area contributed by atoms with Crippen molar-refractivity contribution < 1.29 is 4.74 Å². The lowest BCUT2D eigenvalue weighted by Crippen LogP contribution is -2.54. The minimum atomic E-state index is -0.465. The highest BCUT2D eigenvalue weighted by Crippen LogP contribution is 2.50. The van der Waals surface area contributed by atoms with Crippen molar-refractivity contribution in [1.82, 2.24) is 4.90 Å². The summed E-state index contributed by atoms with van der Waals surface area (Å²) >= 11 is 0. The Labute approximate surface area is 209 Å². The van der Waals surface area contributed by atoms with Crippen molar-refractivity contribution in [3.63, 3.8) is 0 Å². The Bertz CT molecular complexity index is 1060. The molecule has 3 fully saturated rings. The number of nitrogens with zero attached hydrogens (tertiary/aromatic N) is 4. The summed E-state index contributed by atoms with van der Waals surface area (Å²) in [5, 5.41) is 19.7. The van der Waals surface area contributed by atoms with Crippen LogP contribution in [0.3, 0.4) is 0 Å². The molecule has 5 heteroatoms. The molecule has 0 amide bonds. The van der Waals surface area contributed by atoms with Crippen LogP contribution in [0.1, 0.15) is 43.2 Å². The number of hydrogen-bond donors (Lipinski definition) is 0. The lowest BCUT2D eigenvalue weighted by atomic mass is 9.59. The Hall–Kier alpha value is -2.86. The minimum Gasteiger partial charge on any atom is -0.381 e. The molecule has 0 bridgehead atoms. The zero-order chi connectivity index (χ0) is 24.3. The SMILES string of the molecule is COC1CCCC1[C@@](C#N)(c1ccccc1)C1CCN(CC2CN(c3ccc(C#N)cc3)C2)CC1. The number of methoxy groups -OCH3 is 1. The third-order valence-electron chi connectivity index (χ3n) is 8.84. The average Bonchev–Trinajstić information content (AvgIpc) is 3.38. The highest BCUT2D eigenvalue weighted by Gasteiger charge is 2.52. The van der Waals surface area contributed by atoms with Gasteiger partial charge in [-0.15, -0.1) is 0 Å². The van der Waals surface area contributed by atoms with Crippen molar-refractivity contribution in [3.8, 4) is 12.1 Å². The molecule has 0 N–H and O–H groups in total. The summed E-state index contributed by atoms with van der Waals surface area (Å²) < 4.78 is 5.92. The maximum Gasteiger partial charge on any atom is 0.0991 e. The molecule has 2 aromatic carbocycles.